The van der Waals surface area contributed by atoms with Gasteiger partial charge in [-0.1, -0.05) is 66.2 Å². The lowest BCUT2D eigenvalue weighted by Gasteiger charge is -2.25. The standard InChI is InChI=1S/C31H26N2O4/c1-21-7-5-8-22(17-21)20-37-26-14-12-25(13-15-26)29(34)27-28(24-10-3-2-4-11-24)33(31(36)30(27)35)19-23-9-6-16-32-18-23/h2-18,28,34H,19-20H2,1H3/b29-27+/t28-/m0/s1. The normalized spacial score (nSPS) is 16.7. The first-order chi connectivity index (χ1) is 18.0. The van der Waals surface area contributed by atoms with E-state index in [1.807, 2.05) is 61.5 Å². The van der Waals surface area contributed by atoms with Crippen LogP contribution in [-0.2, 0) is 22.7 Å². The molecule has 0 saturated carbocycles. The molecule has 1 aliphatic rings. The monoisotopic (exact) mass is 490 g/mol. The lowest BCUT2D eigenvalue weighted by molar-refractivity contribution is -0.140. The van der Waals surface area contributed by atoms with Gasteiger partial charge < -0.3 is 14.7 Å². The molecule has 6 nitrogen and oxygen atoms in total. The molecule has 5 rings (SSSR count). The number of Topliss-reactive ketones (excluding diaryl/α,β-unsaturated/α-hetero) is 1. The van der Waals surface area contributed by atoms with Gasteiger partial charge in [-0.3, -0.25) is 14.6 Å². The number of amides is 1. The molecule has 184 valence electrons. The Morgan fingerprint density at radius 2 is 1.68 bits per heavy atom. The van der Waals surface area contributed by atoms with Crippen LogP contribution in [0.3, 0.4) is 0 Å². The zero-order chi connectivity index (χ0) is 25.8. The molecule has 1 saturated heterocycles. The molecule has 1 atom stereocenters. The van der Waals surface area contributed by atoms with Crippen LogP contribution in [-0.4, -0.2) is 26.7 Å². The van der Waals surface area contributed by atoms with E-state index >= 15 is 0 Å². The molecule has 1 aliphatic heterocycles. The lowest BCUT2D eigenvalue weighted by Crippen LogP contribution is -2.29. The van der Waals surface area contributed by atoms with Crippen molar-refractivity contribution < 1.29 is 19.4 Å². The predicted molar refractivity (Wildman–Crippen MR) is 140 cm³/mol. The molecule has 1 fully saturated rings. The number of hydrogen-bond donors (Lipinski definition) is 1. The van der Waals surface area contributed by atoms with Gasteiger partial charge in [-0.25, -0.2) is 0 Å². The van der Waals surface area contributed by atoms with E-state index in [2.05, 4.69) is 11.1 Å². The number of rotatable bonds is 7. The lowest BCUT2D eigenvalue weighted by atomic mass is 9.95. The number of aromatic nitrogens is 1. The fraction of sp³-hybridized carbons (Fsp3) is 0.129. The minimum Gasteiger partial charge on any atom is -0.507 e. The Kier molecular flexibility index (Phi) is 6.81. The van der Waals surface area contributed by atoms with Gasteiger partial charge in [-0.2, -0.15) is 0 Å². The number of likely N-dealkylation sites (tertiary alicyclic amines) is 1. The third-order valence-corrected chi connectivity index (χ3v) is 6.35. The summed E-state index contributed by atoms with van der Waals surface area (Å²) in [6, 6.07) is 27.1. The number of ketones is 1. The van der Waals surface area contributed by atoms with Crippen LogP contribution in [0.15, 0.2) is 109 Å². The van der Waals surface area contributed by atoms with Crippen LogP contribution >= 0.6 is 0 Å². The first kappa shape index (κ1) is 24.0. The van der Waals surface area contributed by atoms with Crippen molar-refractivity contribution in [3.63, 3.8) is 0 Å². The number of aryl methyl sites for hydroxylation is 1. The van der Waals surface area contributed by atoms with Crippen molar-refractivity contribution in [2.75, 3.05) is 0 Å². The second-order valence-corrected chi connectivity index (χ2v) is 9.00. The molecule has 0 spiro atoms. The van der Waals surface area contributed by atoms with Crippen LogP contribution < -0.4 is 4.74 Å². The molecule has 1 N–H and O–H groups in total. The van der Waals surface area contributed by atoms with Crippen molar-refractivity contribution in [3.8, 4) is 5.75 Å². The number of benzene rings is 3. The molecule has 37 heavy (non-hydrogen) atoms. The predicted octanol–water partition coefficient (Wildman–Crippen LogP) is 5.59. The highest BCUT2D eigenvalue weighted by atomic mass is 16.5. The Morgan fingerprint density at radius 1 is 0.919 bits per heavy atom. The van der Waals surface area contributed by atoms with Gasteiger partial charge in [0, 0.05) is 24.5 Å². The maximum atomic E-state index is 13.2. The molecule has 1 amide bonds. The van der Waals surface area contributed by atoms with E-state index in [1.165, 1.54) is 4.90 Å². The zero-order valence-electron chi connectivity index (χ0n) is 20.4. The Morgan fingerprint density at radius 3 is 2.38 bits per heavy atom. The SMILES string of the molecule is Cc1cccc(COc2ccc(/C(O)=C3\C(=O)C(=O)N(Cc4cccnc4)[C@H]3c3ccccc3)cc2)c1. The van der Waals surface area contributed by atoms with Gasteiger partial charge in [0.2, 0.25) is 0 Å². The van der Waals surface area contributed by atoms with E-state index in [-0.39, 0.29) is 17.9 Å². The van der Waals surface area contributed by atoms with E-state index in [0.29, 0.717) is 17.9 Å². The molecule has 0 aliphatic carbocycles. The first-order valence-electron chi connectivity index (χ1n) is 12.0. The maximum absolute atomic E-state index is 13.2. The summed E-state index contributed by atoms with van der Waals surface area (Å²) in [7, 11) is 0. The topological polar surface area (TPSA) is 79.7 Å². The van der Waals surface area contributed by atoms with Crippen LogP contribution in [0.25, 0.3) is 5.76 Å². The van der Waals surface area contributed by atoms with Crippen LogP contribution in [0, 0.1) is 6.92 Å². The van der Waals surface area contributed by atoms with Crippen LogP contribution in [0.1, 0.15) is 33.9 Å². The summed E-state index contributed by atoms with van der Waals surface area (Å²) in [5, 5.41) is 11.3. The van der Waals surface area contributed by atoms with Crippen LogP contribution in [0.4, 0.5) is 0 Å². The Labute approximate surface area is 215 Å². The zero-order valence-corrected chi connectivity index (χ0v) is 20.4. The Balaban J connectivity index is 1.45. The summed E-state index contributed by atoms with van der Waals surface area (Å²) >= 11 is 0. The first-order valence-corrected chi connectivity index (χ1v) is 12.0. The third kappa shape index (κ3) is 5.14. The fourth-order valence-electron chi connectivity index (χ4n) is 4.55. The van der Waals surface area contributed by atoms with Gasteiger partial charge in [-0.05, 0) is 53.9 Å². The van der Waals surface area contributed by atoms with Crippen LogP contribution in [0.5, 0.6) is 5.75 Å². The smallest absolute Gasteiger partial charge is 0.295 e. The van der Waals surface area contributed by atoms with Gasteiger partial charge in [0.25, 0.3) is 11.7 Å². The minimum atomic E-state index is -0.723. The molecular weight excluding hydrogens is 464 g/mol. The molecule has 2 heterocycles. The van der Waals surface area contributed by atoms with Crippen molar-refractivity contribution in [2.45, 2.75) is 26.1 Å². The van der Waals surface area contributed by atoms with Gasteiger partial charge >= 0.3 is 0 Å². The summed E-state index contributed by atoms with van der Waals surface area (Å²) in [5.74, 6) is -0.951. The van der Waals surface area contributed by atoms with Crippen molar-refractivity contribution in [1.29, 1.82) is 0 Å². The minimum absolute atomic E-state index is 0.0634. The number of pyridine rings is 1. The van der Waals surface area contributed by atoms with E-state index in [9.17, 15) is 14.7 Å². The van der Waals surface area contributed by atoms with E-state index in [0.717, 1.165) is 22.3 Å². The number of aliphatic hydroxyl groups excluding tert-OH is 1. The van der Waals surface area contributed by atoms with Gasteiger partial charge in [0.05, 0.1) is 11.6 Å². The molecular formula is C31H26N2O4. The Hall–Kier alpha value is -4.71. The second kappa shape index (κ2) is 10.5. The highest BCUT2D eigenvalue weighted by Gasteiger charge is 2.46. The van der Waals surface area contributed by atoms with Gasteiger partial charge in [0.1, 0.15) is 18.1 Å². The largest absolute Gasteiger partial charge is 0.507 e. The number of nitrogens with zero attached hydrogens (tertiary/aromatic N) is 2. The number of hydrogen-bond acceptors (Lipinski definition) is 5. The highest BCUT2D eigenvalue weighted by Crippen LogP contribution is 2.40. The summed E-state index contributed by atoms with van der Waals surface area (Å²) < 4.78 is 5.89. The Bertz CT molecular complexity index is 1450. The average Bonchev–Trinajstić information content (AvgIpc) is 3.18. The summed E-state index contributed by atoms with van der Waals surface area (Å²) in [6.45, 7) is 2.64. The average molecular weight is 491 g/mol. The maximum Gasteiger partial charge on any atom is 0.295 e. The van der Waals surface area contributed by atoms with Crippen molar-refractivity contribution in [3.05, 3.63) is 137 Å². The molecule has 1 aromatic heterocycles. The number of carbonyl (C=O) groups excluding carboxylic acids is 2. The van der Waals surface area contributed by atoms with Crippen LogP contribution in [0.2, 0.25) is 0 Å². The van der Waals surface area contributed by atoms with Gasteiger partial charge in [-0.15, -0.1) is 0 Å². The summed E-state index contributed by atoms with van der Waals surface area (Å²) in [6.07, 6.45) is 3.32. The highest BCUT2D eigenvalue weighted by molar-refractivity contribution is 6.46. The quantitative estimate of drug-likeness (QED) is 0.208. The number of aliphatic hydroxyl groups is 1. The fourth-order valence-corrected chi connectivity index (χ4v) is 4.55. The summed E-state index contributed by atoms with van der Waals surface area (Å²) in [5.41, 5.74) is 4.25. The van der Waals surface area contributed by atoms with Crippen molar-refractivity contribution in [1.82, 2.24) is 9.88 Å². The molecule has 0 unspecified atom stereocenters. The molecule has 0 radical (unpaired) electrons. The van der Waals surface area contributed by atoms with Crippen molar-refractivity contribution in [2.24, 2.45) is 0 Å². The van der Waals surface area contributed by atoms with Crippen molar-refractivity contribution >= 4 is 17.4 Å². The molecule has 3 aromatic carbocycles. The number of carbonyl (C=O) groups is 2. The van der Waals surface area contributed by atoms with E-state index in [4.69, 9.17) is 4.74 Å². The van der Waals surface area contributed by atoms with E-state index in [1.54, 1.807) is 42.7 Å². The molecule has 0 bridgehead atoms. The summed E-state index contributed by atoms with van der Waals surface area (Å²) in [4.78, 5) is 31.9. The third-order valence-electron chi connectivity index (χ3n) is 6.35. The van der Waals surface area contributed by atoms with Gasteiger partial charge in [0.15, 0.2) is 0 Å². The number of ether oxygens (including phenoxy) is 1. The second-order valence-electron chi connectivity index (χ2n) is 9.00. The molecule has 6 heteroatoms. The van der Waals surface area contributed by atoms with E-state index < -0.39 is 17.7 Å². The molecule has 4 aromatic rings.